The molecule has 0 bridgehead atoms. The maximum Gasteiger partial charge on any atom is 4.00 e. The molecule has 0 aromatic heterocycles. The Bertz CT molecular complexity index is 367. The molecule has 1 aliphatic rings. The van der Waals surface area contributed by atoms with Crippen LogP contribution in [0.25, 0.3) is 9.96 Å². The van der Waals surface area contributed by atoms with Crippen molar-refractivity contribution in [1.29, 1.82) is 0 Å². The van der Waals surface area contributed by atoms with Crippen molar-refractivity contribution in [1.82, 2.24) is 0 Å². The van der Waals surface area contributed by atoms with Crippen LogP contribution in [0.15, 0.2) is 0 Å². The van der Waals surface area contributed by atoms with Crippen LogP contribution in [-0.4, -0.2) is 29.1 Å². The van der Waals surface area contributed by atoms with Gasteiger partial charge < -0.3 is 24.8 Å². The van der Waals surface area contributed by atoms with Gasteiger partial charge in [-0.05, 0) is 17.8 Å². The molecule has 0 amide bonds. The maximum absolute atomic E-state index is 5.36. The first kappa shape index (κ1) is 30.0. The van der Waals surface area contributed by atoms with Crippen molar-refractivity contribution in [3.05, 3.63) is 24.8 Å². The second-order valence-corrected chi connectivity index (χ2v) is 18.1. The molecule has 1 fully saturated rings. The van der Waals surface area contributed by atoms with Gasteiger partial charge in [-0.15, -0.1) is 5.54 Å². The van der Waals surface area contributed by atoms with Crippen LogP contribution in [0.2, 0.25) is 37.3 Å². The van der Waals surface area contributed by atoms with E-state index in [0.29, 0.717) is 0 Å². The molecule has 0 spiro atoms. The standard InChI is InChI=1S/C17H38N2Si2.2CH3.Zr/c1-12-13(2)15(20(8,9)18-7)16(14(12)3)21(10,11)19-17(4,5)6;;;/h12-16H,1-11H3;2*1H3;/q-2;2*-1;+4. The summed E-state index contributed by atoms with van der Waals surface area (Å²) in [6.07, 6.45) is 0. The maximum atomic E-state index is 5.36. The van der Waals surface area contributed by atoms with Crippen molar-refractivity contribution in [3.63, 3.8) is 0 Å². The van der Waals surface area contributed by atoms with Crippen molar-refractivity contribution in [3.8, 4) is 0 Å². The monoisotopic (exact) mass is 446 g/mol. The van der Waals surface area contributed by atoms with Crippen molar-refractivity contribution in [2.24, 2.45) is 17.8 Å². The zero-order chi connectivity index (χ0) is 16.8. The quantitative estimate of drug-likeness (QED) is 0.324. The van der Waals surface area contributed by atoms with Crippen LogP contribution < -0.4 is 0 Å². The van der Waals surface area contributed by atoms with Crippen molar-refractivity contribution < 1.29 is 26.2 Å². The van der Waals surface area contributed by atoms with Gasteiger partial charge >= 0.3 is 26.2 Å². The Hall–Kier alpha value is 1.24. The molecule has 142 valence electrons. The van der Waals surface area contributed by atoms with E-state index in [1.54, 1.807) is 0 Å². The summed E-state index contributed by atoms with van der Waals surface area (Å²) < 4.78 is 0. The average Bonchev–Trinajstić information content (AvgIpc) is 2.51. The van der Waals surface area contributed by atoms with Gasteiger partial charge in [-0.25, -0.2) is 0 Å². The molecule has 0 saturated heterocycles. The van der Waals surface area contributed by atoms with Crippen LogP contribution in [0.5, 0.6) is 0 Å². The summed E-state index contributed by atoms with van der Waals surface area (Å²) in [6, 6.07) is 0. The fraction of sp³-hybridized carbons (Fsp3) is 0.895. The Kier molecular flexibility index (Phi) is 12.4. The van der Waals surface area contributed by atoms with Crippen LogP contribution in [0.1, 0.15) is 41.5 Å². The molecule has 5 unspecified atom stereocenters. The molecule has 2 nitrogen and oxygen atoms in total. The minimum Gasteiger partial charge on any atom is -0.667 e. The number of rotatable bonds is 4. The summed E-state index contributed by atoms with van der Waals surface area (Å²) in [5.41, 5.74) is 1.66. The molecule has 5 atom stereocenters. The molecule has 0 aliphatic heterocycles. The van der Waals surface area contributed by atoms with Crippen molar-refractivity contribution in [2.75, 3.05) is 7.05 Å². The fourth-order valence-corrected chi connectivity index (χ4v) is 15.2. The van der Waals surface area contributed by atoms with Gasteiger partial charge in [0.15, 0.2) is 0 Å². The molecule has 24 heavy (non-hydrogen) atoms. The molecule has 0 heterocycles. The SMILES string of the molecule is C[N-][Si](C)(C)C1C(C)C(C)C(C)C1[Si](C)(C)[N-]C(C)(C)C.[CH3-].[CH3-].[Zr+4]. The first-order valence-corrected chi connectivity index (χ1v) is 14.6. The minimum atomic E-state index is -1.64. The molecule has 1 aliphatic carbocycles. The van der Waals surface area contributed by atoms with Gasteiger partial charge in [0.2, 0.25) is 0 Å². The normalized spacial score (nSPS) is 30.9. The predicted octanol–water partition coefficient (Wildman–Crippen LogP) is 7.13. The van der Waals surface area contributed by atoms with Gasteiger partial charge in [0, 0.05) is 0 Å². The Labute approximate surface area is 176 Å². The average molecular weight is 448 g/mol. The van der Waals surface area contributed by atoms with Crippen LogP contribution in [-0.2, 0) is 26.2 Å². The van der Waals surface area contributed by atoms with E-state index < -0.39 is 16.5 Å². The predicted molar refractivity (Wildman–Crippen MR) is 115 cm³/mol. The molecular formula is C19H44N2Si2Zr. The molecule has 0 aromatic rings. The van der Waals surface area contributed by atoms with Gasteiger partial charge in [-0.3, -0.25) is 0 Å². The van der Waals surface area contributed by atoms with Crippen molar-refractivity contribution >= 4 is 16.5 Å². The molecule has 0 N–H and O–H groups in total. The summed E-state index contributed by atoms with van der Waals surface area (Å²) in [6.45, 7) is 24.1. The number of nitrogens with zero attached hydrogens (tertiary/aromatic N) is 2. The second-order valence-electron chi connectivity index (χ2n) is 9.44. The van der Waals surface area contributed by atoms with Gasteiger partial charge in [-0.1, -0.05) is 95.3 Å². The molecule has 5 heteroatoms. The Morgan fingerprint density at radius 3 is 1.33 bits per heavy atom. The Morgan fingerprint density at radius 2 is 1.04 bits per heavy atom. The van der Waals surface area contributed by atoms with E-state index in [0.717, 1.165) is 28.8 Å². The van der Waals surface area contributed by atoms with Crippen LogP contribution >= 0.6 is 0 Å². The largest absolute Gasteiger partial charge is 4.00 e. The van der Waals surface area contributed by atoms with Gasteiger partial charge in [0.1, 0.15) is 0 Å². The topological polar surface area (TPSA) is 28.2 Å². The van der Waals surface area contributed by atoms with Gasteiger partial charge in [0.05, 0.1) is 0 Å². The molecule has 0 aromatic carbocycles. The van der Waals surface area contributed by atoms with E-state index >= 15 is 0 Å². The van der Waals surface area contributed by atoms with E-state index in [-0.39, 0.29) is 46.6 Å². The van der Waals surface area contributed by atoms with E-state index in [1.165, 1.54) is 0 Å². The third kappa shape index (κ3) is 6.44. The number of hydrogen-bond acceptors (Lipinski definition) is 0. The smallest absolute Gasteiger partial charge is 0.667 e. The summed E-state index contributed by atoms with van der Waals surface area (Å²) in [7, 11) is -1.13. The Balaban J connectivity index is -0.00000147. The van der Waals surface area contributed by atoms with Gasteiger partial charge in [-0.2, -0.15) is 7.05 Å². The van der Waals surface area contributed by atoms with E-state index in [2.05, 4.69) is 74.8 Å². The van der Waals surface area contributed by atoms with Crippen LogP contribution in [0.3, 0.4) is 0 Å². The third-order valence-corrected chi connectivity index (χ3v) is 13.8. The third-order valence-electron chi connectivity index (χ3n) is 6.01. The fourth-order valence-electron chi connectivity index (χ4n) is 5.04. The first-order chi connectivity index (χ1) is 9.24. The summed E-state index contributed by atoms with van der Waals surface area (Å²) in [4.78, 5) is 10.3. The molecule has 1 saturated carbocycles. The van der Waals surface area contributed by atoms with Crippen LogP contribution in [0.4, 0.5) is 0 Å². The van der Waals surface area contributed by atoms with E-state index in [4.69, 9.17) is 9.96 Å². The zero-order valence-corrected chi connectivity index (χ0v) is 23.2. The Morgan fingerprint density at radius 1 is 0.708 bits per heavy atom. The summed E-state index contributed by atoms with van der Waals surface area (Å²) in [5.74, 6) is 2.37. The molecule has 1 rings (SSSR count). The zero-order valence-electron chi connectivity index (χ0n) is 18.8. The van der Waals surface area contributed by atoms with Crippen molar-refractivity contribution in [2.45, 2.75) is 84.4 Å². The molecule has 0 radical (unpaired) electrons. The van der Waals surface area contributed by atoms with E-state index in [9.17, 15) is 0 Å². The second kappa shape index (κ2) is 9.97. The minimum absolute atomic E-state index is 0. The molecular weight excluding hydrogens is 404 g/mol. The first-order valence-electron chi connectivity index (χ1n) is 8.59. The van der Waals surface area contributed by atoms with E-state index in [1.807, 2.05) is 0 Å². The van der Waals surface area contributed by atoms with Gasteiger partial charge in [0.25, 0.3) is 0 Å². The van der Waals surface area contributed by atoms with Crippen LogP contribution in [0, 0.1) is 32.6 Å². The number of hydrogen-bond donors (Lipinski definition) is 0. The summed E-state index contributed by atoms with van der Waals surface area (Å²) >= 11 is 0. The summed E-state index contributed by atoms with van der Waals surface area (Å²) in [5, 5.41) is 0.